The third-order valence-corrected chi connectivity index (χ3v) is 4.30. The fraction of sp³-hybridized carbons (Fsp3) is 0.273. The first kappa shape index (κ1) is 23.7. The van der Waals surface area contributed by atoms with Crippen molar-refractivity contribution in [2.45, 2.75) is 33.2 Å². The summed E-state index contributed by atoms with van der Waals surface area (Å²) in [6, 6.07) is 14.5. The summed E-state index contributed by atoms with van der Waals surface area (Å²) >= 11 is 0. The van der Waals surface area contributed by atoms with Crippen LogP contribution in [-0.2, 0) is 14.4 Å². The maximum absolute atomic E-state index is 13.1. The zero-order chi connectivity index (χ0) is 23.3. The molecule has 0 bridgehead atoms. The van der Waals surface area contributed by atoms with Gasteiger partial charge in [-0.3, -0.25) is 24.0 Å². The molecule has 0 radical (unpaired) electrons. The third kappa shape index (κ3) is 5.33. The van der Waals surface area contributed by atoms with Crippen molar-refractivity contribution in [1.82, 2.24) is 15.2 Å². The molecule has 0 aliphatic carbocycles. The van der Waals surface area contributed by atoms with Crippen LogP contribution in [0.5, 0.6) is 0 Å². The fourth-order valence-corrected chi connectivity index (χ4v) is 2.73. The first-order chi connectivity index (χ1) is 14.5. The number of carbonyl (C=O) groups is 4. The summed E-state index contributed by atoms with van der Waals surface area (Å²) in [5.41, 5.74) is 0.220. The highest BCUT2D eigenvalue weighted by Gasteiger charge is 2.41. The molecule has 0 spiro atoms. The number of imide groups is 1. The highest BCUT2D eigenvalue weighted by Crippen LogP contribution is 2.20. The van der Waals surface area contributed by atoms with Crippen LogP contribution in [0, 0.1) is 6.92 Å². The van der Waals surface area contributed by atoms with Crippen LogP contribution in [0.3, 0.4) is 0 Å². The van der Waals surface area contributed by atoms with E-state index in [1.807, 2.05) is 6.92 Å². The topological polar surface area (TPSA) is 113 Å². The van der Waals surface area contributed by atoms with Crippen molar-refractivity contribution in [3.63, 3.8) is 0 Å². The molecule has 9 heteroatoms. The van der Waals surface area contributed by atoms with Gasteiger partial charge in [-0.2, -0.15) is 0 Å². The highest BCUT2D eigenvalue weighted by molar-refractivity contribution is 6.38. The highest BCUT2D eigenvalue weighted by atomic mass is 16.7. The Morgan fingerprint density at radius 1 is 0.806 bits per heavy atom. The summed E-state index contributed by atoms with van der Waals surface area (Å²) in [6.45, 7) is 6.65. The van der Waals surface area contributed by atoms with E-state index in [1.54, 1.807) is 51.1 Å². The molecule has 0 unspecified atom stereocenters. The number of nitrogens with two attached hydrogens (primary N) is 1. The number of nitrogens with zero attached hydrogens (tertiary/aromatic N) is 3. The van der Waals surface area contributed by atoms with Crippen molar-refractivity contribution in [3.8, 4) is 0 Å². The van der Waals surface area contributed by atoms with Gasteiger partial charge in [0.1, 0.15) is 0 Å². The molecule has 9 nitrogen and oxygen atoms in total. The minimum absolute atomic E-state index is 0.139. The number of rotatable bonds is 3. The van der Waals surface area contributed by atoms with Gasteiger partial charge in [-0.15, -0.1) is 5.17 Å². The molecule has 0 saturated carbocycles. The van der Waals surface area contributed by atoms with Crippen LogP contribution in [-0.4, -0.2) is 51.5 Å². The molecular formula is C22H26N4O5. The van der Waals surface area contributed by atoms with E-state index in [0.29, 0.717) is 5.17 Å². The monoisotopic (exact) mass is 426 g/mol. The smallest absolute Gasteiger partial charge is 0.267 e. The van der Waals surface area contributed by atoms with E-state index in [4.69, 9.17) is 10.7 Å². The molecule has 2 N–H and O–H groups in total. The van der Waals surface area contributed by atoms with Crippen LogP contribution < -0.4 is 5.84 Å². The Hall–Kier alpha value is -3.56. The minimum atomic E-state index is -1.32. The van der Waals surface area contributed by atoms with E-state index in [0.717, 1.165) is 10.6 Å². The second kappa shape index (κ2) is 9.50. The summed E-state index contributed by atoms with van der Waals surface area (Å²) in [5.74, 6) is 1.63. The molecule has 0 aliphatic heterocycles. The maximum Gasteiger partial charge on any atom is 0.335 e. The van der Waals surface area contributed by atoms with Gasteiger partial charge in [0.2, 0.25) is 0 Å². The van der Waals surface area contributed by atoms with E-state index < -0.39 is 29.2 Å². The number of hydrogen-bond acceptors (Lipinski definition) is 6. The van der Waals surface area contributed by atoms with Crippen LogP contribution in [0.1, 0.15) is 47.1 Å². The molecule has 0 aliphatic rings. The van der Waals surface area contributed by atoms with Gasteiger partial charge in [-0.25, -0.2) is 15.9 Å². The Balaban J connectivity index is 2.35. The Bertz CT molecular complexity index is 968. The summed E-state index contributed by atoms with van der Waals surface area (Å²) in [4.78, 5) is 56.5. The van der Waals surface area contributed by atoms with Crippen LogP contribution >= 0.6 is 0 Å². The lowest BCUT2D eigenvalue weighted by Crippen LogP contribution is -2.62. The normalized spacial score (nSPS) is 10.9. The van der Waals surface area contributed by atoms with E-state index >= 15 is 0 Å². The van der Waals surface area contributed by atoms with Crippen LogP contribution in [0.4, 0.5) is 0 Å². The second-order valence-corrected chi connectivity index (χ2v) is 7.76. The van der Waals surface area contributed by atoms with Crippen LogP contribution in [0.15, 0.2) is 54.6 Å². The molecule has 2 aromatic rings. The van der Waals surface area contributed by atoms with Crippen molar-refractivity contribution in [3.05, 3.63) is 71.3 Å². The number of hydrazine groups is 2. The second-order valence-electron chi connectivity index (χ2n) is 7.76. The molecule has 164 valence electrons. The SMILES string of the molecule is CON(C(=O)c1ccccc1)N(C(=O)C(=O)N(N)C(=O)c1ccc(C)cc1)C(C)(C)C. The lowest BCUT2D eigenvalue weighted by atomic mass is 10.1. The first-order valence-corrected chi connectivity index (χ1v) is 9.47. The van der Waals surface area contributed by atoms with Gasteiger partial charge in [0, 0.05) is 11.1 Å². The van der Waals surface area contributed by atoms with Crippen molar-refractivity contribution in [1.29, 1.82) is 0 Å². The molecule has 0 atom stereocenters. The molecular weight excluding hydrogens is 400 g/mol. The van der Waals surface area contributed by atoms with Crippen molar-refractivity contribution < 1.29 is 24.0 Å². The van der Waals surface area contributed by atoms with Crippen LogP contribution in [0.2, 0.25) is 0 Å². The van der Waals surface area contributed by atoms with Gasteiger partial charge in [-0.1, -0.05) is 35.9 Å². The predicted molar refractivity (Wildman–Crippen MR) is 113 cm³/mol. The molecule has 0 saturated heterocycles. The van der Waals surface area contributed by atoms with E-state index in [-0.39, 0.29) is 16.1 Å². The lowest BCUT2D eigenvalue weighted by Gasteiger charge is -2.40. The van der Waals surface area contributed by atoms with E-state index in [1.165, 1.54) is 31.4 Å². The number of hydroxylamine groups is 1. The minimum Gasteiger partial charge on any atom is -0.267 e. The fourth-order valence-electron chi connectivity index (χ4n) is 2.73. The zero-order valence-electron chi connectivity index (χ0n) is 18.2. The zero-order valence-corrected chi connectivity index (χ0v) is 18.2. The van der Waals surface area contributed by atoms with Gasteiger partial charge < -0.3 is 0 Å². The van der Waals surface area contributed by atoms with Gasteiger partial charge in [0.05, 0.1) is 12.6 Å². The standard InChI is InChI=1S/C22H26N4O5/c1-15-11-13-17(14-12-15)18(27)24(23)20(29)21(30)25(22(2,3)4)26(31-5)19(28)16-9-7-6-8-10-16/h6-14H,23H2,1-5H3. The molecule has 2 rings (SSSR count). The van der Waals surface area contributed by atoms with Gasteiger partial charge in [0.15, 0.2) is 0 Å². The van der Waals surface area contributed by atoms with Crippen molar-refractivity contribution >= 4 is 23.6 Å². The first-order valence-electron chi connectivity index (χ1n) is 9.47. The summed E-state index contributed by atoms with van der Waals surface area (Å²) in [7, 11) is 1.19. The summed E-state index contributed by atoms with van der Waals surface area (Å²) in [5, 5.41) is 1.74. The molecule has 31 heavy (non-hydrogen) atoms. The Labute approximate surface area is 180 Å². The molecule has 2 aromatic carbocycles. The van der Waals surface area contributed by atoms with Gasteiger partial charge >= 0.3 is 11.8 Å². The van der Waals surface area contributed by atoms with Crippen LogP contribution in [0.25, 0.3) is 0 Å². The largest absolute Gasteiger partial charge is 0.335 e. The lowest BCUT2D eigenvalue weighted by molar-refractivity contribution is -0.247. The number of aryl methyl sites for hydroxylation is 1. The number of benzene rings is 2. The Morgan fingerprint density at radius 3 is 1.81 bits per heavy atom. The summed E-state index contributed by atoms with van der Waals surface area (Å²) in [6.07, 6.45) is 0. The van der Waals surface area contributed by atoms with Gasteiger partial charge in [-0.05, 0) is 52.0 Å². The quantitative estimate of drug-likeness (QED) is 0.348. The van der Waals surface area contributed by atoms with E-state index in [9.17, 15) is 19.2 Å². The summed E-state index contributed by atoms with van der Waals surface area (Å²) < 4.78 is 0. The predicted octanol–water partition coefficient (Wildman–Crippen LogP) is 2.08. The third-order valence-electron chi connectivity index (χ3n) is 4.30. The number of amides is 4. The Kier molecular flexibility index (Phi) is 7.27. The van der Waals surface area contributed by atoms with Crippen molar-refractivity contribution in [2.24, 2.45) is 5.84 Å². The number of hydrogen-bond donors (Lipinski definition) is 1. The molecule has 0 aromatic heterocycles. The Morgan fingerprint density at radius 2 is 1.32 bits per heavy atom. The molecule has 0 heterocycles. The van der Waals surface area contributed by atoms with Crippen molar-refractivity contribution in [2.75, 3.05) is 7.11 Å². The average molecular weight is 426 g/mol. The maximum atomic E-state index is 13.1. The molecule has 4 amide bonds. The van der Waals surface area contributed by atoms with Gasteiger partial charge in [0.25, 0.3) is 11.8 Å². The van der Waals surface area contributed by atoms with E-state index in [2.05, 4.69) is 0 Å². The average Bonchev–Trinajstić information content (AvgIpc) is 2.75. The molecule has 0 fully saturated rings. The number of carbonyl (C=O) groups excluding carboxylic acids is 4.